The molecule has 0 aliphatic carbocycles. The lowest BCUT2D eigenvalue weighted by Crippen LogP contribution is -2.13. The number of carbonyl (C=O) groups is 1. The Morgan fingerprint density at radius 1 is 1.35 bits per heavy atom. The van der Waals surface area contributed by atoms with Crippen molar-refractivity contribution < 1.29 is 9.90 Å². The van der Waals surface area contributed by atoms with Crippen molar-refractivity contribution in [3.8, 4) is 11.8 Å². The lowest BCUT2D eigenvalue weighted by atomic mass is 10.1. The first kappa shape index (κ1) is 13.7. The summed E-state index contributed by atoms with van der Waals surface area (Å²) >= 11 is 0. The van der Waals surface area contributed by atoms with Crippen LogP contribution in [0.3, 0.4) is 0 Å². The third-order valence-electron chi connectivity index (χ3n) is 2.61. The second-order valence-corrected chi connectivity index (χ2v) is 4.07. The Kier molecular flexibility index (Phi) is 4.43. The molecule has 0 aliphatic rings. The van der Waals surface area contributed by atoms with Gasteiger partial charge in [0, 0.05) is 23.6 Å². The third kappa shape index (κ3) is 3.40. The predicted octanol–water partition coefficient (Wildman–Crippen LogP) is 1.38. The molecule has 2 aromatic rings. The molecule has 0 bridgehead atoms. The van der Waals surface area contributed by atoms with E-state index >= 15 is 0 Å². The van der Waals surface area contributed by atoms with E-state index in [2.05, 4.69) is 27.1 Å². The van der Waals surface area contributed by atoms with Gasteiger partial charge in [-0.25, -0.2) is 9.97 Å². The van der Waals surface area contributed by atoms with Crippen molar-refractivity contribution in [1.82, 2.24) is 9.97 Å². The van der Waals surface area contributed by atoms with E-state index < -0.39 is 0 Å². The molecule has 0 aliphatic heterocycles. The van der Waals surface area contributed by atoms with Gasteiger partial charge in [0.25, 0.3) is 5.91 Å². The molecule has 1 amide bonds. The molecular weight excluding hydrogens is 254 g/mol. The average molecular weight is 267 g/mol. The summed E-state index contributed by atoms with van der Waals surface area (Å²) in [5.41, 5.74) is 2.78. The van der Waals surface area contributed by atoms with Gasteiger partial charge in [0.2, 0.25) is 0 Å². The molecule has 0 unspecified atom stereocenters. The van der Waals surface area contributed by atoms with Crippen LogP contribution in [0, 0.1) is 18.8 Å². The summed E-state index contributed by atoms with van der Waals surface area (Å²) in [5, 5.41) is 11.4. The highest BCUT2D eigenvalue weighted by Crippen LogP contribution is 2.16. The molecular formula is C15H13N3O2. The van der Waals surface area contributed by atoms with Gasteiger partial charge in [-0.3, -0.25) is 4.79 Å². The first-order valence-corrected chi connectivity index (χ1v) is 5.97. The summed E-state index contributed by atoms with van der Waals surface area (Å²) in [4.78, 5) is 19.6. The largest absolute Gasteiger partial charge is 0.384 e. The number of aliphatic hydroxyl groups excluding tert-OH is 1. The Labute approximate surface area is 116 Å². The summed E-state index contributed by atoms with van der Waals surface area (Å²) in [7, 11) is 0. The average Bonchev–Trinajstić information content (AvgIpc) is 2.48. The minimum absolute atomic E-state index is 0.175. The maximum absolute atomic E-state index is 12.0. The highest BCUT2D eigenvalue weighted by atomic mass is 16.2. The minimum atomic E-state index is -0.261. The van der Waals surface area contributed by atoms with Crippen LogP contribution >= 0.6 is 0 Å². The lowest BCUT2D eigenvalue weighted by molar-refractivity contribution is 0.102. The van der Waals surface area contributed by atoms with Gasteiger partial charge in [-0.2, -0.15) is 0 Å². The fourth-order valence-corrected chi connectivity index (χ4v) is 1.63. The maximum atomic E-state index is 12.0. The number of aliphatic hydroxyl groups is 1. The molecule has 0 saturated heterocycles. The van der Waals surface area contributed by atoms with Crippen molar-refractivity contribution in [2.75, 3.05) is 11.9 Å². The number of rotatable bonds is 2. The smallest absolute Gasteiger partial charge is 0.258 e. The summed E-state index contributed by atoms with van der Waals surface area (Å²) in [6.07, 6.45) is 4.29. The Hall–Kier alpha value is -2.71. The highest BCUT2D eigenvalue weighted by Gasteiger charge is 2.08. The van der Waals surface area contributed by atoms with Crippen LogP contribution in [0.4, 0.5) is 5.69 Å². The standard InChI is InChI=1S/C15H13N3O2/c1-11-7-12(3-2-6-19)4-5-14(11)18-15(20)13-8-16-10-17-9-13/h4-5,7-10,19H,6H2,1H3,(H,18,20). The van der Waals surface area contributed by atoms with Crippen molar-refractivity contribution in [2.45, 2.75) is 6.92 Å². The van der Waals surface area contributed by atoms with Crippen molar-refractivity contribution in [2.24, 2.45) is 0 Å². The van der Waals surface area contributed by atoms with Gasteiger partial charge in [-0.05, 0) is 30.7 Å². The van der Waals surface area contributed by atoms with Crippen LogP contribution in [-0.4, -0.2) is 27.6 Å². The fourth-order valence-electron chi connectivity index (χ4n) is 1.63. The summed E-state index contributed by atoms with van der Waals surface area (Å²) < 4.78 is 0. The summed E-state index contributed by atoms with van der Waals surface area (Å²) in [6, 6.07) is 5.41. The zero-order valence-electron chi connectivity index (χ0n) is 10.9. The fraction of sp³-hybridized carbons (Fsp3) is 0.133. The first-order chi connectivity index (χ1) is 9.70. The Morgan fingerprint density at radius 2 is 2.10 bits per heavy atom. The Bertz CT molecular complexity index is 673. The number of carbonyl (C=O) groups excluding carboxylic acids is 1. The SMILES string of the molecule is Cc1cc(C#CCO)ccc1NC(=O)c1cncnc1. The molecule has 5 heteroatoms. The van der Waals surface area contributed by atoms with Gasteiger partial charge in [0.05, 0.1) is 5.56 Å². The van der Waals surface area contributed by atoms with Gasteiger partial charge in [0.15, 0.2) is 0 Å². The molecule has 0 spiro atoms. The molecule has 0 atom stereocenters. The predicted molar refractivity (Wildman–Crippen MR) is 75.1 cm³/mol. The number of nitrogens with one attached hydrogen (secondary N) is 1. The number of hydrogen-bond donors (Lipinski definition) is 2. The zero-order valence-corrected chi connectivity index (χ0v) is 10.9. The van der Waals surface area contributed by atoms with Crippen LogP contribution in [0.2, 0.25) is 0 Å². The van der Waals surface area contributed by atoms with Crippen molar-refractivity contribution in [1.29, 1.82) is 0 Å². The molecule has 2 rings (SSSR count). The maximum Gasteiger partial charge on any atom is 0.258 e. The summed E-state index contributed by atoms with van der Waals surface area (Å²) in [6.45, 7) is 1.70. The number of benzene rings is 1. The number of anilines is 1. The Balaban J connectivity index is 2.16. The second-order valence-electron chi connectivity index (χ2n) is 4.07. The molecule has 1 aromatic heterocycles. The van der Waals surface area contributed by atoms with Crippen molar-refractivity contribution in [3.05, 3.63) is 53.6 Å². The van der Waals surface area contributed by atoms with E-state index in [1.54, 1.807) is 12.1 Å². The molecule has 1 aromatic carbocycles. The number of amides is 1. The van der Waals surface area contributed by atoms with Crippen LogP contribution in [0.15, 0.2) is 36.9 Å². The number of aryl methyl sites for hydroxylation is 1. The topological polar surface area (TPSA) is 75.1 Å². The van der Waals surface area contributed by atoms with Crippen molar-refractivity contribution in [3.63, 3.8) is 0 Å². The van der Waals surface area contributed by atoms with Gasteiger partial charge in [0.1, 0.15) is 12.9 Å². The van der Waals surface area contributed by atoms with E-state index in [0.717, 1.165) is 11.1 Å². The van der Waals surface area contributed by atoms with E-state index in [4.69, 9.17) is 5.11 Å². The van der Waals surface area contributed by atoms with E-state index in [1.165, 1.54) is 18.7 Å². The molecule has 0 radical (unpaired) electrons. The molecule has 2 N–H and O–H groups in total. The zero-order chi connectivity index (χ0) is 14.4. The van der Waals surface area contributed by atoms with Crippen LogP contribution in [0.1, 0.15) is 21.5 Å². The van der Waals surface area contributed by atoms with Gasteiger partial charge < -0.3 is 10.4 Å². The van der Waals surface area contributed by atoms with Crippen LogP contribution in [-0.2, 0) is 0 Å². The normalized spacial score (nSPS) is 9.50. The molecule has 5 nitrogen and oxygen atoms in total. The van der Waals surface area contributed by atoms with E-state index in [0.29, 0.717) is 11.3 Å². The molecule has 20 heavy (non-hydrogen) atoms. The molecule has 0 fully saturated rings. The molecule has 0 saturated carbocycles. The van der Waals surface area contributed by atoms with Gasteiger partial charge in [-0.1, -0.05) is 11.8 Å². The van der Waals surface area contributed by atoms with Crippen LogP contribution in [0.25, 0.3) is 0 Å². The highest BCUT2D eigenvalue weighted by molar-refractivity contribution is 6.04. The third-order valence-corrected chi connectivity index (χ3v) is 2.61. The Morgan fingerprint density at radius 3 is 2.75 bits per heavy atom. The van der Waals surface area contributed by atoms with Gasteiger partial charge >= 0.3 is 0 Å². The minimum Gasteiger partial charge on any atom is -0.384 e. The number of hydrogen-bond acceptors (Lipinski definition) is 4. The van der Waals surface area contributed by atoms with E-state index in [-0.39, 0.29) is 12.5 Å². The van der Waals surface area contributed by atoms with Gasteiger partial charge in [-0.15, -0.1) is 0 Å². The molecule has 100 valence electrons. The molecule has 1 heterocycles. The quantitative estimate of drug-likeness (QED) is 0.806. The van der Waals surface area contributed by atoms with Crippen LogP contribution in [0.5, 0.6) is 0 Å². The number of aromatic nitrogens is 2. The second kappa shape index (κ2) is 6.45. The first-order valence-electron chi connectivity index (χ1n) is 5.97. The van der Waals surface area contributed by atoms with E-state index in [9.17, 15) is 4.79 Å². The monoisotopic (exact) mass is 267 g/mol. The lowest BCUT2D eigenvalue weighted by Gasteiger charge is -2.08. The van der Waals surface area contributed by atoms with Crippen molar-refractivity contribution >= 4 is 11.6 Å². The number of nitrogens with zero attached hydrogens (tertiary/aromatic N) is 2. The van der Waals surface area contributed by atoms with E-state index in [1.807, 2.05) is 13.0 Å². The summed E-state index contributed by atoms with van der Waals surface area (Å²) in [5.74, 6) is 5.13. The van der Waals surface area contributed by atoms with Crippen LogP contribution < -0.4 is 5.32 Å².